The van der Waals surface area contributed by atoms with Crippen LogP contribution >= 0.6 is 0 Å². The van der Waals surface area contributed by atoms with Gasteiger partial charge in [0.25, 0.3) is 5.78 Å². The van der Waals surface area contributed by atoms with Crippen LogP contribution in [0.3, 0.4) is 0 Å². The Morgan fingerprint density at radius 3 is 2.35 bits per heavy atom. The Labute approximate surface area is 132 Å². The number of carbonyl (C=O) groups excluding carboxylic acids is 1. The van der Waals surface area contributed by atoms with Crippen LogP contribution in [0.5, 0.6) is 0 Å². The maximum Gasteiger partial charge on any atom is 0.456 e. The number of likely N-dealkylation sites (N-methyl/N-ethyl adjacent to an activating group) is 1. The molecule has 2 aromatic rings. The maximum atomic E-state index is 12.8. The summed E-state index contributed by atoms with van der Waals surface area (Å²) in [6.45, 7) is 2.94. The zero-order valence-corrected chi connectivity index (χ0v) is 12.9. The van der Waals surface area contributed by atoms with Gasteiger partial charge >= 0.3 is 6.18 Å². The van der Waals surface area contributed by atoms with Crippen LogP contribution in [0.1, 0.15) is 33.4 Å². The van der Waals surface area contributed by atoms with Gasteiger partial charge in [-0.05, 0) is 31.7 Å². The average Bonchev–Trinajstić information content (AvgIpc) is 2.90. The van der Waals surface area contributed by atoms with Gasteiger partial charge in [0, 0.05) is 18.8 Å². The predicted molar refractivity (Wildman–Crippen MR) is 80.5 cm³/mol. The third-order valence-corrected chi connectivity index (χ3v) is 4.29. The minimum absolute atomic E-state index is 0.154. The first-order valence-corrected chi connectivity index (χ1v) is 7.37. The quantitative estimate of drug-likeness (QED) is 0.790. The fraction of sp³-hybridized carbons (Fsp3) is 0.353. The van der Waals surface area contributed by atoms with Gasteiger partial charge < -0.3 is 4.57 Å². The third kappa shape index (κ3) is 2.79. The first-order chi connectivity index (χ1) is 10.8. The number of aromatic nitrogens is 1. The van der Waals surface area contributed by atoms with Gasteiger partial charge in [0.15, 0.2) is 0 Å². The normalized spacial score (nSPS) is 18.7. The molecule has 0 saturated heterocycles. The number of benzene rings is 1. The van der Waals surface area contributed by atoms with Crippen molar-refractivity contribution >= 4 is 5.78 Å². The zero-order valence-electron chi connectivity index (χ0n) is 12.9. The number of nitrogens with zero attached hydrogens (tertiary/aromatic N) is 2. The van der Waals surface area contributed by atoms with E-state index in [0.29, 0.717) is 13.1 Å². The molecule has 1 unspecified atom stereocenters. The molecule has 0 saturated carbocycles. The summed E-state index contributed by atoms with van der Waals surface area (Å²) in [6.07, 6.45) is -4.85. The van der Waals surface area contributed by atoms with Crippen LogP contribution in [0, 0.1) is 6.92 Å². The summed E-state index contributed by atoms with van der Waals surface area (Å²) in [6, 6.07) is 10.7. The molecule has 122 valence electrons. The van der Waals surface area contributed by atoms with Crippen LogP contribution in [0.2, 0.25) is 0 Å². The predicted octanol–water partition coefficient (Wildman–Crippen LogP) is 3.58. The van der Waals surface area contributed by atoms with Gasteiger partial charge in [0.1, 0.15) is 0 Å². The van der Waals surface area contributed by atoms with E-state index in [4.69, 9.17) is 0 Å². The average molecular weight is 322 g/mol. The number of ketones is 1. The number of rotatable bonds is 2. The monoisotopic (exact) mass is 322 g/mol. The summed E-state index contributed by atoms with van der Waals surface area (Å²) in [7, 11) is 1.94. The number of hydrogen-bond donors (Lipinski definition) is 0. The molecule has 23 heavy (non-hydrogen) atoms. The molecular weight excluding hydrogens is 305 g/mol. The Bertz CT molecular complexity index is 731. The second kappa shape index (κ2) is 5.53. The number of Topliss-reactive ketones (excluding diaryl/α,β-unsaturated/α-hetero) is 1. The molecule has 1 aliphatic rings. The van der Waals surface area contributed by atoms with Gasteiger partial charge in [-0.3, -0.25) is 9.69 Å². The van der Waals surface area contributed by atoms with Crippen LogP contribution in [-0.4, -0.2) is 35.0 Å². The molecule has 6 heteroatoms. The lowest BCUT2D eigenvalue weighted by Crippen LogP contribution is -2.37. The lowest BCUT2D eigenvalue weighted by atomic mass is 9.99. The second-order valence-electron chi connectivity index (χ2n) is 5.92. The van der Waals surface area contributed by atoms with Gasteiger partial charge in [-0.2, -0.15) is 13.2 Å². The van der Waals surface area contributed by atoms with Crippen LogP contribution in [-0.2, 0) is 6.54 Å². The van der Waals surface area contributed by atoms with Crippen LogP contribution in [0.15, 0.2) is 36.4 Å². The Balaban J connectivity index is 2.05. The fourth-order valence-corrected chi connectivity index (χ4v) is 3.10. The summed E-state index contributed by atoms with van der Waals surface area (Å²) in [5.41, 5.74) is 2.56. The molecule has 3 nitrogen and oxygen atoms in total. The van der Waals surface area contributed by atoms with E-state index in [1.165, 1.54) is 10.6 Å². The van der Waals surface area contributed by atoms with Crippen molar-refractivity contribution in [3.8, 4) is 0 Å². The molecule has 0 spiro atoms. The van der Waals surface area contributed by atoms with Gasteiger partial charge in [-0.25, -0.2) is 0 Å². The standard InChI is InChI=1S/C17H17F3N2O/c1-11-3-5-12(6-4-11)15-13-7-8-14(16(23)17(18,19)20)22(13)10-9-21(15)2/h3-8,15H,9-10H2,1-2H3. The third-order valence-electron chi connectivity index (χ3n) is 4.29. The number of aryl methyl sites for hydroxylation is 1. The minimum atomic E-state index is -4.85. The summed E-state index contributed by atoms with van der Waals surface area (Å²) >= 11 is 0. The molecule has 0 radical (unpaired) electrons. The highest BCUT2D eigenvalue weighted by atomic mass is 19.4. The largest absolute Gasteiger partial charge is 0.456 e. The molecular formula is C17H17F3N2O. The first-order valence-electron chi connectivity index (χ1n) is 7.37. The van der Waals surface area contributed by atoms with Crippen molar-refractivity contribution in [1.82, 2.24) is 9.47 Å². The van der Waals surface area contributed by atoms with Crippen molar-refractivity contribution < 1.29 is 18.0 Å². The van der Waals surface area contributed by atoms with Gasteiger partial charge in [0.2, 0.25) is 0 Å². The minimum Gasteiger partial charge on any atom is -0.339 e. The van der Waals surface area contributed by atoms with Crippen LogP contribution < -0.4 is 0 Å². The zero-order chi connectivity index (χ0) is 16.8. The molecule has 1 aliphatic heterocycles. The smallest absolute Gasteiger partial charge is 0.339 e. The second-order valence-corrected chi connectivity index (χ2v) is 5.92. The SMILES string of the molecule is Cc1ccc(C2c3ccc(C(=O)C(F)(F)F)n3CCN2C)cc1. The van der Waals surface area contributed by atoms with E-state index in [-0.39, 0.29) is 11.7 Å². The van der Waals surface area contributed by atoms with Crippen molar-refractivity contribution in [2.75, 3.05) is 13.6 Å². The Hall–Kier alpha value is -2.08. The number of fused-ring (bicyclic) bond motifs is 1. The summed E-state index contributed by atoms with van der Waals surface area (Å²) < 4.78 is 39.8. The molecule has 0 fully saturated rings. The molecule has 3 rings (SSSR count). The highest BCUT2D eigenvalue weighted by molar-refractivity contribution is 5.99. The number of hydrogen-bond acceptors (Lipinski definition) is 2. The molecule has 1 aromatic heterocycles. The van der Waals surface area contributed by atoms with E-state index in [9.17, 15) is 18.0 Å². The van der Waals surface area contributed by atoms with E-state index < -0.39 is 12.0 Å². The van der Waals surface area contributed by atoms with Crippen molar-refractivity contribution in [2.24, 2.45) is 0 Å². The van der Waals surface area contributed by atoms with E-state index in [2.05, 4.69) is 4.90 Å². The van der Waals surface area contributed by atoms with Crippen LogP contribution in [0.25, 0.3) is 0 Å². The fourth-order valence-electron chi connectivity index (χ4n) is 3.10. The lowest BCUT2D eigenvalue weighted by molar-refractivity contribution is -0.0891. The highest BCUT2D eigenvalue weighted by Crippen LogP contribution is 2.34. The summed E-state index contributed by atoms with van der Waals surface area (Å²) in [5, 5.41) is 0. The van der Waals surface area contributed by atoms with Crippen LogP contribution in [0.4, 0.5) is 13.2 Å². The van der Waals surface area contributed by atoms with Crippen molar-refractivity contribution in [2.45, 2.75) is 25.7 Å². The Kier molecular flexibility index (Phi) is 3.80. The molecule has 0 aliphatic carbocycles. The molecule has 2 heterocycles. The van der Waals surface area contributed by atoms with Crippen molar-refractivity contribution in [1.29, 1.82) is 0 Å². The summed E-state index contributed by atoms with van der Waals surface area (Å²) in [4.78, 5) is 13.7. The number of carbonyl (C=O) groups is 1. The topological polar surface area (TPSA) is 25.2 Å². The Morgan fingerprint density at radius 1 is 1.09 bits per heavy atom. The van der Waals surface area contributed by atoms with E-state index in [0.717, 1.165) is 16.8 Å². The molecule has 1 aromatic carbocycles. The maximum absolute atomic E-state index is 12.8. The molecule has 0 amide bonds. The molecule has 1 atom stereocenters. The van der Waals surface area contributed by atoms with E-state index >= 15 is 0 Å². The molecule has 0 N–H and O–H groups in total. The van der Waals surface area contributed by atoms with Crippen molar-refractivity contribution in [3.05, 3.63) is 58.9 Å². The van der Waals surface area contributed by atoms with Gasteiger partial charge in [0.05, 0.1) is 11.7 Å². The summed E-state index contributed by atoms with van der Waals surface area (Å²) in [5.74, 6) is -1.78. The van der Waals surface area contributed by atoms with Gasteiger partial charge in [-0.15, -0.1) is 0 Å². The highest BCUT2D eigenvalue weighted by Gasteiger charge is 2.42. The Morgan fingerprint density at radius 2 is 1.74 bits per heavy atom. The van der Waals surface area contributed by atoms with Crippen molar-refractivity contribution in [3.63, 3.8) is 0 Å². The number of halogens is 3. The van der Waals surface area contributed by atoms with E-state index in [1.807, 2.05) is 38.2 Å². The van der Waals surface area contributed by atoms with E-state index in [1.54, 1.807) is 6.07 Å². The first kappa shape index (κ1) is 15.8. The molecule has 0 bridgehead atoms. The lowest BCUT2D eigenvalue weighted by Gasteiger charge is -2.35. The van der Waals surface area contributed by atoms with Gasteiger partial charge in [-0.1, -0.05) is 29.8 Å². The number of alkyl halides is 3.